The molecule has 2 heteroatoms. The summed E-state index contributed by atoms with van der Waals surface area (Å²) in [6, 6.07) is 42.9. The van der Waals surface area contributed by atoms with Crippen LogP contribution in [0.3, 0.4) is 0 Å². The maximum absolute atomic E-state index is 6.75. The SMILES string of the molecule is CC1COc2c(c(-c3ccccc3)cc3ccccc23)-c2c(-c3ccccc3)cc3ccccc3c2O1. The average molecular weight is 479 g/mol. The van der Waals surface area contributed by atoms with Crippen molar-refractivity contribution < 1.29 is 9.47 Å². The number of fused-ring (bicyclic) bond motifs is 7. The smallest absolute Gasteiger partial charge is 0.136 e. The van der Waals surface area contributed by atoms with Gasteiger partial charge in [-0.3, -0.25) is 0 Å². The van der Waals surface area contributed by atoms with Gasteiger partial charge in [0.25, 0.3) is 0 Å². The first-order valence-corrected chi connectivity index (χ1v) is 12.8. The molecule has 2 nitrogen and oxygen atoms in total. The van der Waals surface area contributed by atoms with Crippen molar-refractivity contribution in [3.8, 4) is 44.9 Å². The van der Waals surface area contributed by atoms with Gasteiger partial charge in [0, 0.05) is 21.9 Å². The van der Waals surface area contributed by atoms with Gasteiger partial charge < -0.3 is 9.47 Å². The summed E-state index contributed by atoms with van der Waals surface area (Å²) in [7, 11) is 0. The summed E-state index contributed by atoms with van der Waals surface area (Å²) in [6.07, 6.45) is -0.111. The summed E-state index contributed by atoms with van der Waals surface area (Å²) in [4.78, 5) is 0. The summed E-state index contributed by atoms with van der Waals surface area (Å²) in [5, 5.41) is 4.56. The van der Waals surface area contributed by atoms with E-state index in [0.717, 1.165) is 66.4 Å². The van der Waals surface area contributed by atoms with Crippen molar-refractivity contribution in [1.29, 1.82) is 0 Å². The van der Waals surface area contributed by atoms with Crippen molar-refractivity contribution in [2.24, 2.45) is 0 Å². The zero-order valence-electron chi connectivity index (χ0n) is 20.6. The monoisotopic (exact) mass is 478 g/mol. The highest BCUT2D eigenvalue weighted by Gasteiger charge is 2.28. The molecule has 1 unspecified atom stereocenters. The molecule has 0 aromatic heterocycles. The summed E-state index contributed by atoms with van der Waals surface area (Å²) in [5.74, 6) is 1.84. The Balaban J connectivity index is 1.71. The zero-order chi connectivity index (χ0) is 24.8. The molecule has 1 heterocycles. The van der Waals surface area contributed by atoms with Gasteiger partial charge in [0.2, 0.25) is 0 Å². The highest BCUT2D eigenvalue weighted by Crippen LogP contribution is 2.53. The maximum Gasteiger partial charge on any atom is 0.136 e. The third-order valence-electron chi connectivity index (χ3n) is 7.20. The van der Waals surface area contributed by atoms with E-state index < -0.39 is 0 Å². The van der Waals surface area contributed by atoms with Crippen LogP contribution in [0.2, 0.25) is 0 Å². The van der Waals surface area contributed by atoms with E-state index >= 15 is 0 Å². The lowest BCUT2D eigenvalue weighted by Gasteiger charge is -2.29. The predicted molar refractivity (Wildman–Crippen MR) is 153 cm³/mol. The molecule has 0 N–H and O–H groups in total. The quantitative estimate of drug-likeness (QED) is 0.247. The Morgan fingerprint density at radius 2 is 1.00 bits per heavy atom. The molecule has 0 spiro atoms. The molecule has 0 amide bonds. The van der Waals surface area contributed by atoms with E-state index in [-0.39, 0.29) is 6.10 Å². The molecule has 0 aliphatic carbocycles. The van der Waals surface area contributed by atoms with Crippen LogP contribution < -0.4 is 9.47 Å². The van der Waals surface area contributed by atoms with Gasteiger partial charge in [-0.25, -0.2) is 0 Å². The molecular weight excluding hydrogens is 452 g/mol. The lowest BCUT2D eigenvalue weighted by atomic mass is 9.84. The van der Waals surface area contributed by atoms with Gasteiger partial charge in [-0.2, -0.15) is 0 Å². The third kappa shape index (κ3) is 3.65. The Kier molecular flexibility index (Phi) is 5.18. The summed E-state index contributed by atoms with van der Waals surface area (Å²) in [5.41, 5.74) is 6.74. The van der Waals surface area contributed by atoms with Crippen LogP contribution in [-0.2, 0) is 0 Å². The van der Waals surface area contributed by atoms with E-state index in [4.69, 9.17) is 9.47 Å². The average Bonchev–Trinajstić information content (AvgIpc) is 2.95. The highest BCUT2D eigenvalue weighted by molar-refractivity contribution is 6.11. The Morgan fingerprint density at radius 3 is 1.57 bits per heavy atom. The Morgan fingerprint density at radius 1 is 0.541 bits per heavy atom. The van der Waals surface area contributed by atoms with Crippen LogP contribution in [0.25, 0.3) is 54.9 Å². The van der Waals surface area contributed by atoms with Crippen molar-refractivity contribution in [3.63, 3.8) is 0 Å². The topological polar surface area (TPSA) is 18.5 Å². The number of ether oxygens (including phenoxy) is 2. The van der Waals surface area contributed by atoms with Gasteiger partial charge in [0.05, 0.1) is 0 Å². The molecule has 0 radical (unpaired) electrons. The van der Waals surface area contributed by atoms with Crippen LogP contribution in [0.1, 0.15) is 6.92 Å². The van der Waals surface area contributed by atoms with E-state index in [1.165, 1.54) is 0 Å². The fraction of sp³-hybridized carbons (Fsp3) is 0.0857. The largest absolute Gasteiger partial charge is 0.488 e. The van der Waals surface area contributed by atoms with Gasteiger partial charge in [-0.1, -0.05) is 109 Å². The first-order valence-electron chi connectivity index (χ1n) is 12.8. The van der Waals surface area contributed by atoms with Gasteiger partial charge >= 0.3 is 0 Å². The fourth-order valence-corrected chi connectivity index (χ4v) is 5.52. The lowest BCUT2D eigenvalue weighted by molar-refractivity contribution is 0.144. The highest BCUT2D eigenvalue weighted by atomic mass is 16.5. The van der Waals surface area contributed by atoms with Gasteiger partial charge in [-0.15, -0.1) is 0 Å². The number of rotatable bonds is 2. The maximum atomic E-state index is 6.75. The number of hydrogen-bond acceptors (Lipinski definition) is 2. The minimum atomic E-state index is -0.111. The van der Waals surface area contributed by atoms with Crippen LogP contribution in [-0.4, -0.2) is 12.7 Å². The van der Waals surface area contributed by atoms with Crippen molar-refractivity contribution in [3.05, 3.63) is 121 Å². The van der Waals surface area contributed by atoms with E-state index in [9.17, 15) is 0 Å². The molecular formula is C35H26O2. The second kappa shape index (κ2) is 8.83. The standard InChI is InChI=1S/C35H26O2/c1-23-22-36-34-28-18-10-8-16-26(28)20-30(24-12-4-2-5-13-24)32(34)33-31(25-14-6-3-7-15-25)21-27-17-9-11-19-29(27)35(33)37-23/h2-21,23H,22H2,1H3. The minimum absolute atomic E-state index is 0.111. The molecule has 1 atom stereocenters. The van der Waals surface area contributed by atoms with Gasteiger partial charge in [0.15, 0.2) is 0 Å². The Bertz CT molecular complexity index is 1750. The predicted octanol–water partition coefficient (Wildman–Crippen LogP) is 9.15. The minimum Gasteiger partial charge on any atom is -0.488 e. The molecule has 0 saturated carbocycles. The van der Waals surface area contributed by atoms with Crippen LogP contribution in [0.5, 0.6) is 11.5 Å². The van der Waals surface area contributed by atoms with Crippen molar-refractivity contribution in [2.75, 3.05) is 6.61 Å². The molecule has 6 aromatic carbocycles. The van der Waals surface area contributed by atoms with Crippen LogP contribution in [0.15, 0.2) is 121 Å². The Labute approximate surface area is 216 Å². The molecule has 37 heavy (non-hydrogen) atoms. The molecule has 6 aromatic rings. The van der Waals surface area contributed by atoms with Crippen molar-refractivity contribution >= 4 is 21.5 Å². The zero-order valence-corrected chi connectivity index (χ0v) is 20.6. The number of hydrogen-bond donors (Lipinski definition) is 0. The second-order valence-corrected chi connectivity index (χ2v) is 9.67. The summed E-state index contributed by atoms with van der Waals surface area (Å²) >= 11 is 0. The third-order valence-corrected chi connectivity index (χ3v) is 7.20. The lowest BCUT2D eigenvalue weighted by Crippen LogP contribution is -2.23. The van der Waals surface area contributed by atoms with Gasteiger partial charge in [0.1, 0.15) is 24.2 Å². The van der Waals surface area contributed by atoms with Crippen molar-refractivity contribution in [1.82, 2.24) is 0 Å². The van der Waals surface area contributed by atoms with Crippen LogP contribution in [0.4, 0.5) is 0 Å². The normalized spacial score (nSPS) is 14.7. The van der Waals surface area contributed by atoms with Crippen LogP contribution in [0, 0.1) is 0 Å². The van der Waals surface area contributed by atoms with E-state index in [0.29, 0.717) is 6.61 Å². The summed E-state index contributed by atoms with van der Waals surface area (Å²) in [6.45, 7) is 2.56. The molecule has 7 rings (SSSR count). The molecule has 1 aliphatic rings. The first-order chi connectivity index (χ1) is 18.3. The summed E-state index contributed by atoms with van der Waals surface area (Å²) < 4.78 is 13.4. The van der Waals surface area contributed by atoms with Crippen molar-refractivity contribution in [2.45, 2.75) is 13.0 Å². The molecule has 178 valence electrons. The fourth-order valence-electron chi connectivity index (χ4n) is 5.52. The Hall–Kier alpha value is -4.56. The van der Waals surface area contributed by atoms with E-state index in [2.05, 4.69) is 128 Å². The molecule has 0 bridgehead atoms. The first kappa shape index (κ1) is 21.7. The number of benzene rings is 6. The van der Waals surface area contributed by atoms with E-state index in [1.807, 2.05) is 0 Å². The van der Waals surface area contributed by atoms with Gasteiger partial charge in [-0.05, 0) is 52.1 Å². The second-order valence-electron chi connectivity index (χ2n) is 9.67. The molecule has 0 saturated heterocycles. The molecule has 1 aliphatic heterocycles. The van der Waals surface area contributed by atoms with E-state index in [1.54, 1.807) is 0 Å². The van der Waals surface area contributed by atoms with Crippen LogP contribution >= 0.6 is 0 Å². The molecule has 0 fully saturated rings.